The van der Waals surface area contributed by atoms with Gasteiger partial charge in [-0.2, -0.15) is 0 Å². The van der Waals surface area contributed by atoms with E-state index >= 15 is 0 Å². The number of nitrogens with zero attached hydrogens (tertiary/aromatic N) is 2. The van der Waals surface area contributed by atoms with E-state index in [1.54, 1.807) is 11.0 Å². The highest BCUT2D eigenvalue weighted by Gasteiger charge is 2.22. The molecule has 154 valence electrons. The summed E-state index contributed by atoms with van der Waals surface area (Å²) in [6.07, 6.45) is 4.84. The fourth-order valence-electron chi connectivity index (χ4n) is 3.73. The predicted molar refractivity (Wildman–Crippen MR) is 119 cm³/mol. The van der Waals surface area contributed by atoms with E-state index in [-0.39, 0.29) is 23.8 Å². The predicted octanol–water partition coefficient (Wildman–Crippen LogP) is 4.22. The molecule has 2 aromatic carbocycles. The number of fused-ring (bicyclic) bond motifs is 1. The molecule has 0 radical (unpaired) electrons. The maximum absolute atomic E-state index is 12.5. The summed E-state index contributed by atoms with van der Waals surface area (Å²) in [5.74, 6) is 0.934. The number of hydrogen-bond acceptors (Lipinski definition) is 3. The van der Waals surface area contributed by atoms with Crippen molar-refractivity contribution in [1.29, 1.82) is 0 Å². The number of aromatic amines is 1. The Morgan fingerprint density at radius 2 is 1.93 bits per heavy atom. The molecule has 1 aromatic heterocycles. The van der Waals surface area contributed by atoms with Crippen LogP contribution in [-0.2, 0) is 9.59 Å². The topological polar surface area (TPSA) is 78.1 Å². The highest BCUT2D eigenvalue weighted by Crippen LogP contribution is 2.23. The minimum Gasteiger partial charge on any atom is -0.342 e. The fourth-order valence-corrected chi connectivity index (χ4v) is 3.73. The van der Waals surface area contributed by atoms with Gasteiger partial charge in [-0.15, -0.1) is 0 Å². The molecule has 1 atom stereocenters. The SMILES string of the molecule is CC(C)C(NC(=O)C=Cc1ccc(N2CCCC2=O)cc1)c1nc2ccccc2[nH]1. The Hall–Kier alpha value is -3.41. The van der Waals surface area contributed by atoms with Gasteiger partial charge in [0.1, 0.15) is 5.82 Å². The largest absolute Gasteiger partial charge is 0.342 e. The third-order valence-electron chi connectivity index (χ3n) is 5.37. The quantitative estimate of drug-likeness (QED) is 0.606. The number of amides is 2. The van der Waals surface area contributed by atoms with Gasteiger partial charge < -0.3 is 15.2 Å². The van der Waals surface area contributed by atoms with Gasteiger partial charge in [-0.25, -0.2) is 4.98 Å². The van der Waals surface area contributed by atoms with Gasteiger partial charge in [-0.1, -0.05) is 38.1 Å². The van der Waals surface area contributed by atoms with Gasteiger partial charge in [0.25, 0.3) is 0 Å². The second-order valence-corrected chi connectivity index (χ2v) is 7.94. The lowest BCUT2D eigenvalue weighted by molar-refractivity contribution is -0.118. The molecule has 1 aliphatic heterocycles. The van der Waals surface area contributed by atoms with Crippen molar-refractivity contribution >= 4 is 34.6 Å². The smallest absolute Gasteiger partial charge is 0.244 e. The van der Waals surface area contributed by atoms with Crippen LogP contribution in [0.2, 0.25) is 0 Å². The van der Waals surface area contributed by atoms with Gasteiger partial charge in [-0.3, -0.25) is 9.59 Å². The van der Waals surface area contributed by atoms with Crippen LogP contribution in [0.3, 0.4) is 0 Å². The maximum Gasteiger partial charge on any atom is 0.244 e. The molecule has 0 aliphatic carbocycles. The van der Waals surface area contributed by atoms with Crippen molar-refractivity contribution in [2.75, 3.05) is 11.4 Å². The standard InChI is InChI=1S/C24H26N4O2/c1-16(2)23(24-25-19-6-3-4-7-20(19)26-24)27-21(29)14-11-17-9-12-18(13-10-17)28-15-5-8-22(28)30/h3-4,6-7,9-14,16,23H,5,8,15H2,1-2H3,(H,25,26)(H,27,29). The molecular formula is C24H26N4O2. The highest BCUT2D eigenvalue weighted by atomic mass is 16.2. The van der Waals surface area contributed by atoms with Crippen molar-refractivity contribution in [3.8, 4) is 0 Å². The number of carbonyl (C=O) groups is 2. The van der Waals surface area contributed by atoms with E-state index in [0.717, 1.165) is 41.1 Å². The monoisotopic (exact) mass is 402 g/mol. The van der Waals surface area contributed by atoms with Crippen molar-refractivity contribution in [2.45, 2.75) is 32.7 Å². The Labute approximate surface area is 176 Å². The molecule has 3 aromatic rings. The van der Waals surface area contributed by atoms with Gasteiger partial charge in [0.2, 0.25) is 11.8 Å². The molecule has 30 heavy (non-hydrogen) atoms. The summed E-state index contributed by atoms with van der Waals surface area (Å²) in [4.78, 5) is 34.2. The average molecular weight is 402 g/mol. The van der Waals surface area contributed by atoms with Crippen LogP contribution in [0.4, 0.5) is 5.69 Å². The van der Waals surface area contributed by atoms with Gasteiger partial charge in [0.15, 0.2) is 0 Å². The first-order chi connectivity index (χ1) is 14.5. The lowest BCUT2D eigenvalue weighted by Crippen LogP contribution is -2.31. The van der Waals surface area contributed by atoms with E-state index in [4.69, 9.17) is 0 Å². The Balaban J connectivity index is 1.43. The maximum atomic E-state index is 12.5. The van der Waals surface area contributed by atoms with Crippen LogP contribution in [0, 0.1) is 5.92 Å². The van der Waals surface area contributed by atoms with Gasteiger partial charge in [-0.05, 0) is 48.2 Å². The van der Waals surface area contributed by atoms with Gasteiger partial charge in [0.05, 0.1) is 17.1 Å². The first kappa shape index (κ1) is 19.9. The van der Waals surface area contributed by atoms with Crippen LogP contribution in [0.1, 0.15) is 44.1 Å². The van der Waals surface area contributed by atoms with Crippen LogP contribution in [0.25, 0.3) is 17.1 Å². The normalized spacial score (nSPS) is 15.4. The summed E-state index contributed by atoms with van der Waals surface area (Å²) in [6.45, 7) is 4.88. The minimum absolute atomic E-state index is 0.169. The van der Waals surface area contributed by atoms with Crippen molar-refractivity contribution in [3.63, 3.8) is 0 Å². The van der Waals surface area contributed by atoms with E-state index in [9.17, 15) is 9.59 Å². The summed E-state index contributed by atoms with van der Waals surface area (Å²) in [6, 6.07) is 15.3. The number of rotatable bonds is 6. The number of benzene rings is 2. The molecule has 0 bridgehead atoms. The zero-order valence-corrected chi connectivity index (χ0v) is 17.3. The van der Waals surface area contributed by atoms with Gasteiger partial charge >= 0.3 is 0 Å². The second kappa shape index (κ2) is 8.53. The van der Waals surface area contributed by atoms with Crippen LogP contribution >= 0.6 is 0 Å². The molecule has 1 saturated heterocycles. The van der Waals surface area contributed by atoms with Gasteiger partial charge in [0, 0.05) is 24.7 Å². The zero-order valence-electron chi connectivity index (χ0n) is 17.3. The van der Waals surface area contributed by atoms with E-state index in [1.165, 1.54) is 6.08 Å². The molecule has 2 N–H and O–H groups in total. The first-order valence-corrected chi connectivity index (χ1v) is 10.3. The number of carbonyl (C=O) groups excluding carboxylic acids is 2. The molecule has 6 heteroatoms. The van der Waals surface area contributed by atoms with E-state index < -0.39 is 0 Å². The summed E-state index contributed by atoms with van der Waals surface area (Å²) in [7, 11) is 0. The zero-order chi connectivity index (χ0) is 21.1. The van der Waals surface area contributed by atoms with Crippen molar-refractivity contribution in [3.05, 3.63) is 66.0 Å². The molecule has 0 saturated carbocycles. The Morgan fingerprint density at radius 3 is 2.60 bits per heavy atom. The number of nitrogens with one attached hydrogen (secondary N) is 2. The number of H-pyrrole nitrogens is 1. The lowest BCUT2D eigenvalue weighted by atomic mass is 10.0. The van der Waals surface area contributed by atoms with Crippen LogP contribution in [-0.4, -0.2) is 28.3 Å². The molecule has 1 fully saturated rings. The number of hydrogen-bond donors (Lipinski definition) is 2. The average Bonchev–Trinajstić information content (AvgIpc) is 3.36. The van der Waals surface area contributed by atoms with E-state index in [1.807, 2.05) is 48.5 Å². The molecular weight excluding hydrogens is 376 g/mol. The van der Waals surface area contributed by atoms with Crippen molar-refractivity contribution < 1.29 is 9.59 Å². The van der Waals surface area contributed by atoms with Crippen molar-refractivity contribution in [2.24, 2.45) is 5.92 Å². The number of aromatic nitrogens is 2. The lowest BCUT2D eigenvalue weighted by Gasteiger charge is -2.19. The molecule has 2 heterocycles. The minimum atomic E-state index is -0.210. The van der Waals surface area contributed by atoms with Crippen molar-refractivity contribution in [1.82, 2.24) is 15.3 Å². The molecule has 1 unspecified atom stereocenters. The third kappa shape index (κ3) is 4.27. The van der Waals surface area contributed by atoms with Crippen LogP contribution < -0.4 is 10.2 Å². The highest BCUT2D eigenvalue weighted by molar-refractivity contribution is 5.95. The molecule has 6 nitrogen and oxygen atoms in total. The van der Waals surface area contributed by atoms with E-state index in [0.29, 0.717) is 6.42 Å². The Kier molecular flexibility index (Phi) is 5.65. The number of anilines is 1. The summed E-state index contributed by atoms with van der Waals surface area (Å²) in [5, 5.41) is 3.05. The third-order valence-corrected chi connectivity index (χ3v) is 5.37. The fraction of sp³-hybridized carbons (Fsp3) is 0.292. The molecule has 0 spiro atoms. The Morgan fingerprint density at radius 1 is 1.17 bits per heavy atom. The number of imidazole rings is 1. The summed E-state index contributed by atoms with van der Waals surface area (Å²) in [5.41, 5.74) is 3.66. The summed E-state index contributed by atoms with van der Waals surface area (Å²) < 4.78 is 0. The van der Waals surface area contributed by atoms with E-state index in [2.05, 4.69) is 29.1 Å². The first-order valence-electron chi connectivity index (χ1n) is 10.3. The van der Waals surface area contributed by atoms with Crippen LogP contribution in [0.5, 0.6) is 0 Å². The molecule has 4 rings (SSSR count). The second-order valence-electron chi connectivity index (χ2n) is 7.94. The molecule has 1 aliphatic rings. The number of para-hydroxylation sites is 2. The summed E-state index contributed by atoms with van der Waals surface area (Å²) >= 11 is 0. The van der Waals surface area contributed by atoms with Crippen LogP contribution in [0.15, 0.2) is 54.6 Å². The Bertz CT molecular complexity index is 1050. The molecule has 2 amide bonds.